The van der Waals surface area contributed by atoms with Crippen LogP contribution in [0.25, 0.3) is 0 Å². The second-order valence-electron chi connectivity index (χ2n) is 7.15. The quantitative estimate of drug-likeness (QED) is 0.894. The van der Waals surface area contributed by atoms with E-state index in [2.05, 4.69) is 20.3 Å². The third-order valence-electron chi connectivity index (χ3n) is 4.22. The first-order chi connectivity index (χ1) is 11.3. The highest BCUT2D eigenvalue weighted by molar-refractivity contribution is 5.92. The Hall–Kier alpha value is -2.51. The Labute approximate surface area is 141 Å². The van der Waals surface area contributed by atoms with Crippen LogP contribution in [0.1, 0.15) is 55.7 Å². The standard InChI is InChI=1S/C16H23N7O/c1-16(2,3)23-10-13(20-21-23)14(24)22-8-4-5-11(9-22)12-6-7-18-15(17)19-12/h6-7,10-11H,4-5,8-9H2,1-3H3,(H2,17,18,19). The van der Waals surface area contributed by atoms with Crippen molar-refractivity contribution in [1.82, 2.24) is 29.9 Å². The van der Waals surface area contributed by atoms with E-state index in [1.54, 1.807) is 17.1 Å². The van der Waals surface area contributed by atoms with Crippen molar-refractivity contribution in [3.63, 3.8) is 0 Å². The number of carbonyl (C=O) groups is 1. The van der Waals surface area contributed by atoms with Crippen molar-refractivity contribution in [2.75, 3.05) is 18.8 Å². The monoisotopic (exact) mass is 329 g/mol. The number of likely N-dealkylation sites (tertiary alicyclic amines) is 1. The summed E-state index contributed by atoms with van der Waals surface area (Å²) in [5, 5.41) is 8.12. The van der Waals surface area contributed by atoms with E-state index in [1.807, 2.05) is 31.7 Å². The molecule has 1 unspecified atom stereocenters. The molecule has 2 aromatic rings. The third kappa shape index (κ3) is 3.37. The molecule has 0 spiro atoms. The number of rotatable bonds is 2. The second kappa shape index (κ2) is 6.18. The van der Waals surface area contributed by atoms with E-state index in [4.69, 9.17) is 5.73 Å². The van der Waals surface area contributed by atoms with Gasteiger partial charge in [0.1, 0.15) is 0 Å². The predicted molar refractivity (Wildman–Crippen MR) is 89.3 cm³/mol. The molecule has 1 aliphatic rings. The number of amides is 1. The maximum Gasteiger partial charge on any atom is 0.276 e. The van der Waals surface area contributed by atoms with Gasteiger partial charge in [0.05, 0.1) is 17.4 Å². The van der Waals surface area contributed by atoms with Crippen molar-refractivity contribution >= 4 is 11.9 Å². The molecule has 0 aliphatic carbocycles. The highest BCUT2D eigenvalue weighted by Gasteiger charge is 2.28. The van der Waals surface area contributed by atoms with Crippen LogP contribution in [0, 0.1) is 0 Å². The molecule has 0 radical (unpaired) electrons. The molecule has 2 aromatic heterocycles. The maximum absolute atomic E-state index is 12.7. The zero-order valence-corrected chi connectivity index (χ0v) is 14.3. The first kappa shape index (κ1) is 16.4. The minimum Gasteiger partial charge on any atom is -0.368 e. The normalized spacial score (nSPS) is 18.6. The lowest BCUT2D eigenvalue weighted by Gasteiger charge is -2.32. The van der Waals surface area contributed by atoms with Gasteiger partial charge < -0.3 is 10.6 Å². The van der Waals surface area contributed by atoms with Crippen LogP contribution in [0.5, 0.6) is 0 Å². The van der Waals surface area contributed by atoms with Gasteiger partial charge in [0.2, 0.25) is 5.95 Å². The second-order valence-corrected chi connectivity index (χ2v) is 7.15. The van der Waals surface area contributed by atoms with Crippen LogP contribution in [0.15, 0.2) is 18.5 Å². The molecule has 24 heavy (non-hydrogen) atoms. The lowest BCUT2D eigenvalue weighted by atomic mass is 9.94. The molecule has 2 N–H and O–H groups in total. The molecule has 1 atom stereocenters. The van der Waals surface area contributed by atoms with Gasteiger partial charge in [-0.15, -0.1) is 5.10 Å². The van der Waals surface area contributed by atoms with E-state index in [9.17, 15) is 4.79 Å². The predicted octanol–water partition coefficient (Wildman–Crippen LogP) is 1.43. The van der Waals surface area contributed by atoms with Gasteiger partial charge in [-0.1, -0.05) is 5.21 Å². The third-order valence-corrected chi connectivity index (χ3v) is 4.22. The fraction of sp³-hybridized carbons (Fsp3) is 0.562. The van der Waals surface area contributed by atoms with E-state index in [1.165, 1.54) is 0 Å². The minimum atomic E-state index is -0.200. The van der Waals surface area contributed by atoms with Gasteiger partial charge >= 0.3 is 0 Å². The molecule has 0 bridgehead atoms. The van der Waals surface area contributed by atoms with Crippen LogP contribution in [0.4, 0.5) is 5.95 Å². The van der Waals surface area contributed by atoms with Gasteiger partial charge in [0, 0.05) is 25.2 Å². The van der Waals surface area contributed by atoms with Gasteiger partial charge in [-0.05, 0) is 39.7 Å². The average molecular weight is 329 g/mol. The Balaban J connectivity index is 1.74. The van der Waals surface area contributed by atoms with Crippen molar-refractivity contribution in [2.24, 2.45) is 0 Å². The molecular formula is C16H23N7O. The number of nitrogens with two attached hydrogens (primary N) is 1. The summed E-state index contributed by atoms with van der Waals surface area (Å²) in [4.78, 5) is 22.8. The van der Waals surface area contributed by atoms with Crippen LogP contribution in [0.3, 0.4) is 0 Å². The Kier molecular flexibility index (Phi) is 4.21. The van der Waals surface area contributed by atoms with E-state index in [0.717, 1.165) is 25.1 Å². The van der Waals surface area contributed by atoms with Gasteiger partial charge in [0.25, 0.3) is 5.91 Å². The van der Waals surface area contributed by atoms with Crippen molar-refractivity contribution in [3.8, 4) is 0 Å². The van der Waals surface area contributed by atoms with E-state index >= 15 is 0 Å². The number of hydrogen-bond donors (Lipinski definition) is 1. The van der Waals surface area contributed by atoms with Crippen LogP contribution < -0.4 is 5.73 Å². The molecule has 1 fully saturated rings. The zero-order chi connectivity index (χ0) is 17.3. The molecule has 3 rings (SSSR count). The van der Waals surface area contributed by atoms with Crippen LogP contribution in [0.2, 0.25) is 0 Å². The molecule has 1 aliphatic heterocycles. The van der Waals surface area contributed by atoms with Crippen LogP contribution >= 0.6 is 0 Å². The fourth-order valence-corrected chi connectivity index (χ4v) is 2.87. The molecule has 0 saturated carbocycles. The smallest absolute Gasteiger partial charge is 0.276 e. The summed E-state index contributed by atoms with van der Waals surface area (Å²) in [6.07, 6.45) is 5.28. The van der Waals surface area contributed by atoms with Gasteiger partial charge in [-0.2, -0.15) is 0 Å². The Morgan fingerprint density at radius 2 is 2.17 bits per heavy atom. The Morgan fingerprint density at radius 1 is 1.38 bits per heavy atom. The molecule has 8 nitrogen and oxygen atoms in total. The number of nitrogens with zero attached hydrogens (tertiary/aromatic N) is 6. The van der Waals surface area contributed by atoms with Gasteiger partial charge in [0.15, 0.2) is 5.69 Å². The molecule has 3 heterocycles. The minimum absolute atomic E-state index is 0.0859. The molecule has 8 heteroatoms. The number of nitrogen functional groups attached to an aromatic ring is 1. The number of carbonyl (C=O) groups excluding carboxylic acids is 1. The van der Waals surface area contributed by atoms with E-state index < -0.39 is 0 Å². The summed E-state index contributed by atoms with van der Waals surface area (Å²) in [6, 6.07) is 1.87. The van der Waals surface area contributed by atoms with E-state index in [0.29, 0.717) is 12.2 Å². The average Bonchev–Trinajstić information content (AvgIpc) is 3.04. The topological polar surface area (TPSA) is 103 Å². The van der Waals surface area contributed by atoms with E-state index in [-0.39, 0.29) is 23.3 Å². The van der Waals surface area contributed by atoms with Crippen LogP contribution in [-0.4, -0.2) is 48.9 Å². The summed E-state index contributed by atoms with van der Waals surface area (Å²) < 4.78 is 1.72. The molecule has 1 amide bonds. The largest absolute Gasteiger partial charge is 0.368 e. The number of piperidine rings is 1. The summed E-state index contributed by atoms with van der Waals surface area (Å²) in [7, 11) is 0. The lowest BCUT2D eigenvalue weighted by Crippen LogP contribution is -2.39. The van der Waals surface area contributed by atoms with Gasteiger partial charge in [-0.3, -0.25) is 4.79 Å². The van der Waals surface area contributed by atoms with Crippen molar-refractivity contribution in [2.45, 2.75) is 45.1 Å². The van der Waals surface area contributed by atoms with Crippen LogP contribution in [-0.2, 0) is 5.54 Å². The lowest BCUT2D eigenvalue weighted by molar-refractivity contribution is 0.0700. The highest BCUT2D eigenvalue weighted by Crippen LogP contribution is 2.26. The highest BCUT2D eigenvalue weighted by atomic mass is 16.2. The van der Waals surface area contributed by atoms with Gasteiger partial charge in [-0.25, -0.2) is 14.6 Å². The first-order valence-electron chi connectivity index (χ1n) is 8.15. The number of hydrogen-bond acceptors (Lipinski definition) is 6. The maximum atomic E-state index is 12.7. The zero-order valence-electron chi connectivity index (χ0n) is 14.3. The summed E-state index contributed by atoms with van der Waals surface area (Å²) in [5.74, 6) is 0.354. The van der Waals surface area contributed by atoms with Crippen molar-refractivity contribution < 1.29 is 4.79 Å². The Bertz CT molecular complexity index is 734. The SMILES string of the molecule is CC(C)(C)n1cc(C(=O)N2CCCC(c3ccnc(N)n3)C2)nn1. The first-order valence-corrected chi connectivity index (χ1v) is 8.15. The number of aromatic nitrogens is 5. The molecular weight excluding hydrogens is 306 g/mol. The molecule has 1 saturated heterocycles. The molecule has 0 aromatic carbocycles. The fourth-order valence-electron chi connectivity index (χ4n) is 2.87. The number of anilines is 1. The van der Waals surface area contributed by atoms with Crippen molar-refractivity contribution in [3.05, 3.63) is 29.8 Å². The summed E-state index contributed by atoms with van der Waals surface area (Å²) >= 11 is 0. The Morgan fingerprint density at radius 3 is 2.83 bits per heavy atom. The summed E-state index contributed by atoms with van der Waals surface area (Å²) in [5.41, 5.74) is 6.74. The summed E-state index contributed by atoms with van der Waals surface area (Å²) in [6.45, 7) is 7.39. The molecule has 128 valence electrons. The van der Waals surface area contributed by atoms with Crippen molar-refractivity contribution in [1.29, 1.82) is 0 Å².